The molecule has 3 N–H and O–H groups in total. The van der Waals surface area contributed by atoms with E-state index in [4.69, 9.17) is 17.3 Å². The number of anilines is 1. The summed E-state index contributed by atoms with van der Waals surface area (Å²) in [6.45, 7) is 2.83. The van der Waals surface area contributed by atoms with Crippen LogP contribution in [0.25, 0.3) is 0 Å². The molecule has 0 bridgehead atoms. The number of amides is 1. The highest BCUT2D eigenvalue weighted by Crippen LogP contribution is 2.20. The van der Waals surface area contributed by atoms with Gasteiger partial charge < -0.3 is 11.1 Å². The molecule has 1 atom stereocenters. The first-order valence-corrected chi connectivity index (χ1v) is 7.15. The molecule has 1 aromatic rings. The van der Waals surface area contributed by atoms with Crippen LogP contribution in [0.2, 0.25) is 5.15 Å². The zero-order chi connectivity index (χ0) is 14.1. The lowest BCUT2D eigenvalue weighted by molar-refractivity contribution is -0.116. The molecule has 1 amide bonds. The largest absolute Gasteiger partial charge is 0.330 e. The number of carbonyl (C=O) groups excluding carboxylic acids is 1. The minimum atomic E-state index is -0.0203. The van der Waals surface area contributed by atoms with Gasteiger partial charge in [-0.3, -0.25) is 4.79 Å². The molecular weight excluding hydrogens is 262 g/mol. The van der Waals surface area contributed by atoms with E-state index in [1.807, 2.05) is 0 Å². The van der Waals surface area contributed by atoms with E-state index >= 15 is 0 Å². The zero-order valence-electron chi connectivity index (χ0n) is 11.4. The molecule has 0 aliphatic rings. The van der Waals surface area contributed by atoms with Crippen molar-refractivity contribution in [3.8, 4) is 0 Å². The number of nitrogens with one attached hydrogen (secondary N) is 1. The average Bonchev–Trinajstić information content (AvgIpc) is 2.39. The smallest absolute Gasteiger partial charge is 0.224 e. The van der Waals surface area contributed by atoms with Gasteiger partial charge in [-0.1, -0.05) is 31.4 Å². The van der Waals surface area contributed by atoms with Gasteiger partial charge in [0, 0.05) is 12.6 Å². The first kappa shape index (κ1) is 15.9. The standard InChI is InChI=1S/C14H22ClN3O/c1-2-4-11(8-9-16)6-7-13(19)18-12-5-3-10-17-14(12)15/h3,5,10-11H,2,4,6-9,16H2,1H3,(H,18,19). The second kappa shape index (κ2) is 8.88. The number of carbonyl (C=O) groups is 1. The monoisotopic (exact) mass is 283 g/mol. The van der Waals surface area contributed by atoms with E-state index in [0.29, 0.717) is 29.7 Å². The maximum Gasteiger partial charge on any atom is 0.224 e. The predicted molar refractivity (Wildman–Crippen MR) is 79.2 cm³/mol. The maximum atomic E-state index is 11.8. The van der Waals surface area contributed by atoms with Gasteiger partial charge in [0.15, 0.2) is 5.15 Å². The van der Waals surface area contributed by atoms with Crippen LogP contribution in [0, 0.1) is 5.92 Å². The second-order valence-corrected chi connectivity index (χ2v) is 5.02. The highest BCUT2D eigenvalue weighted by molar-refractivity contribution is 6.32. The quantitative estimate of drug-likeness (QED) is 0.720. The summed E-state index contributed by atoms with van der Waals surface area (Å²) in [5, 5.41) is 3.11. The van der Waals surface area contributed by atoms with E-state index in [0.717, 1.165) is 25.7 Å². The molecule has 1 aromatic heterocycles. The van der Waals surface area contributed by atoms with Crippen LogP contribution in [0.1, 0.15) is 39.0 Å². The number of halogens is 1. The van der Waals surface area contributed by atoms with Gasteiger partial charge in [0.1, 0.15) is 0 Å². The summed E-state index contributed by atoms with van der Waals surface area (Å²) in [5.74, 6) is 0.512. The van der Waals surface area contributed by atoms with Crippen LogP contribution in [0.3, 0.4) is 0 Å². The lowest BCUT2D eigenvalue weighted by Crippen LogP contribution is -2.15. The summed E-state index contributed by atoms with van der Waals surface area (Å²) >= 11 is 5.89. The Kier molecular flexibility index (Phi) is 7.45. The minimum Gasteiger partial charge on any atom is -0.330 e. The van der Waals surface area contributed by atoms with Gasteiger partial charge in [-0.2, -0.15) is 0 Å². The SMILES string of the molecule is CCCC(CCN)CCC(=O)Nc1cccnc1Cl. The molecule has 19 heavy (non-hydrogen) atoms. The third-order valence-electron chi connectivity index (χ3n) is 3.08. The molecule has 0 saturated heterocycles. The Morgan fingerprint density at radius 3 is 2.89 bits per heavy atom. The van der Waals surface area contributed by atoms with Crippen LogP contribution in [-0.4, -0.2) is 17.4 Å². The molecule has 0 spiro atoms. The van der Waals surface area contributed by atoms with Crippen molar-refractivity contribution in [2.45, 2.75) is 39.0 Å². The van der Waals surface area contributed by atoms with Crippen LogP contribution >= 0.6 is 11.6 Å². The van der Waals surface area contributed by atoms with Crippen molar-refractivity contribution in [2.24, 2.45) is 11.7 Å². The molecule has 0 saturated carbocycles. The first-order chi connectivity index (χ1) is 9.17. The predicted octanol–water partition coefficient (Wildman–Crippen LogP) is 3.22. The Morgan fingerprint density at radius 1 is 1.47 bits per heavy atom. The van der Waals surface area contributed by atoms with Gasteiger partial charge >= 0.3 is 0 Å². The van der Waals surface area contributed by atoms with Crippen LogP contribution in [0.5, 0.6) is 0 Å². The fourth-order valence-electron chi connectivity index (χ4n) is 2.10. The molecule has 0 radical (unpaired) electrons. The van der Waals surface area contributed by atoms with E-state index in [-0.39, 0.29) is 5.91 Å². The number of pyridine rings is 1. The van der Waals surface area contributed by atoms with Crippen LogP contribution in [-0.2, 0) is 4.79 Å². The molecule has 1 heterocycles. The molecule has 1 unspecified atom stereocenters. The second-order valence-electron chi connectivity index (χ2n) is 4.66. The summed E-state index contributed by atoms with van der Waals surface area (Å²) in [6.07, 6.45) is 6.19. The number of rotatable bonds is 8. The molecular formula is C14H22ClN3O. The fraction of sp³-hybridized carbons (Fsp3) is 0.571. The van der Waals surface area contributed by atoms with Gasteiger partial charge in [-0.25, -0.2) is 4.98 Å². The molecule has 4 nitrogen and oxygen atoms in total. The molecule has 5 heteroatoms. The minimum absolute atomic E-state index is 0.0203. The number of nitrogens with two attached hydrogens (primary N) is 1. The van der Waals surface area contributed by atoms with Crippen molar-refractivity contribution in [3.05, 3.63) is 23.5 Å². The van der Waals surface area contributed by atoms with E-state index in [1.165, 1.54) is 0 Å². The van der Waals surface area contributed by atoms with E-state index in [9.17, 15) is 4.79 Å². The number of hydrogen-bond acceptors (Lipinski definition) is 3. The van der Waals surface area contributed by atoms with Crippen LogP contribution in [0.15, 0.2) is 18.3 Å². The van der Waals surface area contributed by atoms with Crippen molar-refractivity contribution >= 4 is 23.2 Å². The summed E-state index contributed by atoms with van der Waals surface area (Å²) in [5.41, 5.74) is 6.15. The van der Waals surface area contributed by atoms with Gasteiger partial charge in [0.2, 0.25) is 5.91 Å². The zero-order valence-corrected chi connectivity index (χ0v) is 12.1. The van der Waals surface area contributed by atoms with E-state index < -0.39 is 0 Å². The molecule has 0 fully saturated rings. The summed E-state index contributed by atoms with van der Waals surface area (Å²) < 4.78 is 0. The number of hydrogen-bond donors (Lipinski definition) is 2. The fourth-order valence-corrected chi connectivity index (χ4v) is 2.27. The lowest BCUT2D eigenvalue weighted by Gasteiger charge is -2.14. The molecule has 0 aliphatic carbocycles. The molecule has 106 valence electrons. The number of nitrogens with zero attached hydrogens (tertiary/aromatic N) is 1. The van der Waals surface area contributed by atoms with Crippen molar-refractivity contribution in [3.63, 3.8) is 0 Å². The summed E-state index contributed by atoms with van der Waals surface area (Å²) in [4.78, 5) is 15.8. The van der Waals surface area contributed by atoms with Crippen molar-refractivity contribution < 1.29 is 4.79 Å². The van der Waals surface area contributed by atoms with E-state index in [1.54, 1.807) is 18.3 Å². The normalized spacial score (nSPS) is 12.2. The van der Waals surface area contributed by atoms with Crippen molar-refractivity contribution in [1.82, 2.24) is 4.98 Å². The van der Waals surface area contributed by atoms with Gasteiger partial charge in [-0.15, -0.1) is 0 Å². The Hall–Kier alpha value is -1.13. The van der Waals surface area contributed by atoms with Crippen LogP contribution in [0.4, 0.5) is 5.69 Å². The average molecular weight is 284 g/mol. The maximum absolute atomic E-state index is 11.8. The third kappa shape index (κ3) is 6.03. The Bertz CT molecular complexity index is 392. The van der Waals surface area contributed by atoms with E-state index in [2.05, 4.69) is 17.2 Å². The van der Waals surface area contributed by atoms with Crippen molar-refractivity contribution in [1.29, 1.82) is 0 Å². The molecule has 1 rings (SSSR count). The molecule has 0 aliphatic heterocycles. The number of aromatic nitrogens is 1. The van der Waals surface area contributed by atoms with Crippen LogP contribution < -0.4 is 11.1 Å². The Labute approximate surface area is 119 Å². The van der Waals surface area contributed by atoms with Gasteiger partial charge in [0.25, 0.3) is 0 Å². The summed E-state index contributed by atoms with van der Waals surface area (Å²) in [7, 11) is 0. The Balaban J connectivity index is 2.40. The third-order valence-corrected chi connectivity index (χ3v) is 3.39. The molecule has 0 aromatic carbocycles. The first-order valence-electron chi connectivity index (χ1n) is 6.77. The highest BCUT2D eigenvalue weighted by Gasteiger charge is 2.11. The highest BCUT2D eigenvalue weighted by atomic mass is 35.5. The Morgan fingerprint density at radius 2 is 2.26 bits per heavy atom. The lowest BCUT2D eigenvalue weighted by atomic mass is 9.94. The summed E-state index contributed by atoms with van der Waals surface area (Å²) in [6, 6.07) is 3.49. The van der Waals surface area contributed by atoms with Gasteiger partial charge in [-0.05, 0) is 37.4 Å². The topological polar surface area (TPSA) is 68.0 Å². The van der Waals surface area contributed by atoms with Gasteiger partial charge in [0.05, 0.1) is 5.69 Å². The van der Waals surface area contributed by atoms with Crippen molar-refractivity contribution in [2.75, 3.05) is 11.9 Å².